The lowest BCUT2D eigenvalue weighted by Gasteiger charge is -2.41. The van der Waals surface area contributed by atoms with Crippen molar-refractivity contribution in [1.29, 1.82) is 0 Å². The van der Waals surface area contributed by atoms with Crippen molar-refractivity contribution < 1.29 is 9.53 Å². The van der Waals surface area contributed by atoms with Crippen molar-refractivity contribution in [2.24, 2.45) is 5.92 Å². The number of carbonyl (C=O) groups excluding carboxylic acids is 1. The minimum Gasteiger partial charge on any atom is -0.494 e. The monoisotopic (exact) mass is 311 g/mol. The maximum absolute atomic E-state index is 12.3. The highest BCUT2D eigenvalue weighted by molar-refractivity contribution is 6.37. The van der Waals surface area contributed by atoms with Crippen LogP contribution in [-0.4, -0.2) is 30.9 Å². The van der Waals surface area contributed by atoms with Crippen LogP contribution in [-0.2, 0) is 4.79 Å². The molecule has 3 fully saturated rings. The zero-order valence-electron chi connectivity index (χ0n) is 11.2. The van der Waals surface area contributed by atoms with Crippen LogP contribution in [0.4, 0.5) is 0 Å². The molecule has 3 aliphatic heterocycles. The number of allylic oxidation sites excluding steroid dienone is 1. The number of halogens is 2. The van der Waals surface area contributed by atoms with Gasteiger partial charge in [0.2, 0.25) is 0 Å². The maximum atomic E-state index is 12.3. The second-order valence-corrected chi connectivity index (χ2v) is 5.99. The summed E-state index contributed by atoms with van der Waals surface area (Å²) in [7, 11) is 1.53. The Balaban J connectivity index is 1.98. The zero-order valence-corrected chi connectivity index (χ0v) is 12.7. The fourth-order valence-electron chi connectivity index (χ4n) is 2.93. The maximum Gasteiger partial charge on any atom is 0.182 e. The lowest BCUT2D eigenvalue weighted by atomic mass is 9.84. The molecule has 0 radical (unpaired) electrons. The Bertz CT molecular complexity index is 567. The number of hydrogen-bond donors (Lipinski definition) is 0. The van der Waals surface area contributed by atoms with Crippen LogP contribution in [0.25, 0.3) is 6.08 Å². The van der Waals surface area contributed by atoms with Crippen LogP contribution in [0.1, 0.15) is 18.4 Å². The lowest BCUT2D eigenvalue weighted by Crippen LogP contribution is -2.45. The van der Waals surface area contributed by atoms with E-state index >= 15 is 0 Å². The Morgan fingerprint density at radius 1 is 1.25 bits per heavy atom. The van der Waals surface area contributed by atoms with Gasteiger partial charge < -0.3 is 9.64 Å². The molecule has 1 aromatic carbocycles. The topological polar surface area (TPSA) is 29.5 Å². The number of fused-ring (bicyclic) bond motifs is 3. The van der Waals surface area contributed by atoms with E-state index in [-0.39, 0.29) is 11.7 Å². The van der Waals surface area contributed by atoms with Crippen molar-refractivity contribution in [3.05, 3.63) is 33.4 Å². The molecular weight excluding hydrogens is 297 g/mol. The summed E-state index contributed by atoms with van der Waals surface area (Å²) in [6, 6.07) is 3.55. The summed E-state index contributed by atoms with van der Waals surface area (Å²) >= 11 is 12.3. The van der Waals surface area contributed by atoms with E-state index in [0.717, 1.165) is 37.2 Å². The third-order valence-corrected chi connectivity index (χ3v) is 4.55. The number of ether oxygens (including phenoxy) is 1. The highest BCUT2D eigenvalue weighted by atomic mass is 35.5. The van der Waals surface area contributed by atoms with Crippen LogP contribution in [0.5, 0.6) is 5.75 Å². The fourth-order valence-corrected chi connectivity index (χ4v) is 3.58. The summed E-state index contributed by atoms with van der Waals surface area (Å²) in [6.45, 7) is 1.92. The largest absolute Gasteiger partial charge is 0.494 e. The summed E-state index contributed by atoms with van der Waals surface area (Å²) in [5.41, 5.74) is 1.61. The number of methoxy groups -OCH3 is 1. The Morgan fingerprint density at radius 2 is 1.85 bits per heavy atom. The van der Waals surface area contributed by atoms with Crippen LogP contribution >= 0.6 is 23.2 Å². The summed E-state index contributed by atoms with van der Waals surface area (Å²) in [6.07, 6.45) is 3.82. The molecule has 3 saturated heterocycles. The van der Waals surface area contributed by atoms with E-state index in [1.165, 1.54) is 7.11 Å². The van der Waals surface area contributed by atoms with E-state index in [9.17, 15) is 4.79 Å². The van der Waals surface area contributed by atoms with Gasteiger partial charge >= 0.3 is 0 Å². The highest BCUT2D eigenvalue weighted by Crippen LogP contribution is 2.36. The molecule has 0 spiro atoms. The molecule has 3 aliphatic rings. The predicted octanol–water partition coefficient (Wildman–Crippen LogP) is 3.64. The van der Waals surface area contributed by atoms with Gasteiger partial charge in [-0.25, -0.2) is 0 Å². The van der Waals surface area contributed by atoms with Crippen LogP contribution < -0.4 is 4.74 Å². The molecule has 1 aromatic rings. The number of carbonyl (C=O) groups is 1. The first-order chi connectivity index (χ1) is 9.60. The minimum absolute atomic E-state index is 0.190. The van der Waals surface area contributed by atoms with Crippen molar-refractivity contribution in [3.8, 4) is 5.75 Å². The molecule has 0 saturated carbocycles. The molecule has 5 heteroatoms. The number of Topliss-reactive ketones (excluding diaryl/α,β-unsaturated/α-hetero) is 1. The first kappa shape index (κ1) is 13.8. The minimum atomic E-state index is 0.190. The average molecular weight is 312 g/mol. The molecule has 0 unspecified atom stereocenters. The quantitative estimate of drug-likeness (QED) is 0.781. The van der Waals surface area contributed by atoms with Gasteiger partial charge in [0.15, 0.2) is 11.5 Å². The Hall–Kier alpha value is -1.19. The van der Waals surface area contributed by atoms with E-state index < -0.39 is 0 Å². The number of rotatable bonds is 2. The van der Waals surface area contributed by atoms with Crippen molar-refractivity contribution in [2.45, 2.75) is 12.8 Å². The van der Waals surface area contributed by atoms with Crippen molar-refractivity contribution in [3.63, 3.8) is 0 Å². The molecule has 3 heterocycles. The third kappa shape index (κ3) is 2.29. The van der Waals surface area contributed by atoms with Crippen molar-refractivity contribution in [2.75, 3.05) is 20.2 Å². The number of benzene rings is 1. The fraction of sp³-hybridized carbons (Fsp3) is 0.400. The second-order valence-electron chi connectivity index (χ2n) is 5.17. The van der Waals surface area contributed by atoms with Gasteiger partial charge in [0.1, 0.15) is 0 Å². The number of ketones is 1. The molecule has 0 aromatic heterocycles. The molecule has 0 amide bonds. The van der Waals surface area contributed by atoms with Crippen molar-refractivity contribution in [1.82, 2.24) is 4.90 Å². The first-order valence-corrected chi connectivity index (χ1v) is 7.39. The second kappa shape index (κ2) is 5.30. The molecule has 0 atom stereocenters. The summed E-state index contributed by atoms with van der Waals surface area (Å²) in [5, 5.41) is 0.908. The normalized spacial score (nSPS) is 20.9. The molecular formula is C15H15Cl2NO2. The molecule has 0 aliphatic carbocycles. The van der Waals surface area contributed by atoms with Gasteiger partial charge in [-0.2, -0.15) is 0 Å². The zero-order chi connectivity index (χ0) is 14.3. The molecule has 20 heavy (non-hydrogen) atoms. The van der Waals surface area contributed by atoms with Crippen LogP contribution in [0.3, 0.4) is 0 Å². The van der Waals surface area contributed by atoms with E-state index in [2.05, 4.69) is 4.90 Å². The third-order valence-electron chi connectivity index (χ3n) is 3.99. The van der Waals surface area contributed by atoms with Crippen LogP contribution in [0, 0.1) is 5.92 Å². The van der Waals surface area contributed by atoms with Crippen LogP contribution in [0.15, 0.2) is 17.8 Å². The number of hydrogen-bond acceptors (Lipinski definition) is 3. The summed E-state index contributed by atoms with van der Waals surface area (Å²) in [5.74, 6) is 0.897. The summed E-state index contributed by atoms with van der Waals surface area (Å²) in [4.78, 5) is 14.4. The van der Waals surface area contributed by atoms with Gasteiger partial charge in [-0.1, -0.05) is 23.2 Å². The molecule has 106 valence electrons. The molecule has 4 rings (SSSR count). The van der Waals surface area contributed by atoms with Crippen molar-refractivity contribution >= 4 is 35.1 Å². The predicted molar refractivity (Wildman–Crippen MR) is 80.3 cm³/mol. The van der Waals surface area contributed by atoms with E-state index in [1.807, 2.05) is 6.08 Å². The van der Waals surface area contributed by atoms with Gasteiger partial charge in [-0.3, -0.25) is 4.79 Å². The molecule has 0 N–H and O–H groups in total. The Morgan fingerprint density at radius 3 is 2.35 bits per heavy atom. The lowest BCUT2D eigenvalue weighted by molar-refractivity contribution is -0.125. The van der Waals surface area contributed by atoms with Gasteiger partial charge in [0.05, 0.1) is 22.9 Å². The molecule has 2 bridgehead atoms. The van der Waals surface area contributed by atoms with Gasteiger partial charge in [0, 0.05) is 19.0 Å². The number of piperidine rings is 3. The SMILES string of the molecule is COc1c(Cl)cc(/C=C2/C(=O)C3CCN2CC3)cc1Cl. The standard InChI is InChI=1S/C15H15Cl2NO2/c1-20-15-11(16)6-9(7-12(15)17)8-13-14(19)10-2-4-18(13)5-3-10/h6-8,10H,2-5H2,1H3/b13-8-. The van der Waals surface area contributed by atoms with E-state index in [4.69, 9.17) is 27.9 Å². The van der Waals surface area contributed by atoms with Gasteiger partial charge in [-0.15, -0.1) is 0 Å². The van der Waals surface area contributed by atoms with Gasteiger partial charge in [0.25, 0.3) is 0 Å². The summed E-state index contributed by atoms with van der Waals surface area (Å²) < 4.78 is 5.13. The Labute approximate surface area is 128 Å². The Kier molecular flexibility index (Phi) is 3.65. The van der Waals surface area contributed by atoms with E-state index in [0.29, 0.717) is 15.8 Å². The van der Waals surface area contributed by atoms with E-state index in [1.54, 1.807) is 12.1 Å². The average Bonchev–Trinajstić information content (AvgIpc) is 2.43. The first-order valence-electron chi connectivity index (χ1n) is 6.64. The smallest absolute Gasteiger partial charge is 0.182 e. The van der Waals surface area contributed by atoms with Crippen LogP contribution in [0.2, 0.25) is 10.0 Å². The van der Waals surface area contributed by atoms with Gasteiger partial charge in [-0.05, 0) is 36.6 Å². The highest BCUT2D eigenvalue weighted by Gasteiger charge is 2.36. The number of nitrogens with zero attached hydrogens (tertiary/aromatic N) is 1. The molecule has 3 nitrogen and oxygen atoms in total.